The smallest absolute Gasteiger partial charge is 0.269 e. The van der Waals surface area contributed by atoms with Crippen LogP contribution in [0.15, 0.2) is 47.4 Å². The number of nitrogens with zero attached hydrogens (tertiary/aromatic N) is 3. The van der Waals surface area contributed by atoms with E-state index in [1.165, 1.54) is 40.7 Å². The van der Waals surface area contributed by atoms with Gasteiger partial charge in [0.2, 0.25) is 5.91 Å². The van der Waals surface area contributed by atoms with E-state index in [0.29, 0.717) is 18.8 Å². The molecule has 0 radical (unpaired) electrons. The Hall–Kier alpha value is -2.54. The fraction of sp³-hybridized carbons (Fsp3) is 0.350. The first-order chi connectivity index (χ1) is 13.0. The first-order valence-electron chi connectivity index (χ1n) is 8.92. The SMILES string of the molecule is Cc1cccc(N2CCN(C(=O)CSc3ccc([N+](=O)[O-])cc3)CC2)c1C. The molecule has 2 aromatic rings. The molecule has 0 atom stereocenters. The second-order valence-corrected chi connectivity index (χ2v) is 7.68. The molecule has 0 spiro atoms. The zero-order valence-electron chi connectivity index (χ0n) is 15.6. The van der Waals surface area contributed by atoms with Gasteiger partial charge < -0.3 is 9.80 Å². The second-order valence-electron chi connectivity index (χ2n) is 6.63. The molecule has 1 amide bonds. The summed E-state index contributed by atoms with van der Waals surface area (Å²) in [5.74, 6) is 0.459. The number of piperazine rings is 1. The molecular formula is C20H23N3O3S. The average molecular weight is 385 g/mol. The number of hydrogen-bond donors (Lipinski definition) is 0. The monoisotopic (exact) mass is 385 g/mol. The average Bonchev–Trinajstić information content (AvgIpc) is 2.68. The molecule has 0 bridgehead atoms. The number of amides is 1. The van der Waals surface area contributed by atoms with Crippen LogP contribution in [0.5, 0.6) is 0 Å². The predicted octanol–water partition coefficient (Wildman–Crippen LogP) is 3.65. The quantitative estimate of drug-likeness (QED) is 0.446. The lowest BCUT2D eigenvalue weighted by atomic mass is 10.1. The summed E-state index contributed by atoms with van der Waals surface area (Å²) in [6.45, 7) is 7.35. The number of benzene rings is 2. The molecule has 1 fully saturated rings. The summed E-state index contributed by atoms with van der Waals surface area (Å²) in [6.07, 6.45) is 0. The highest BCUT2D eigenvalue weighted by Gasteiger charge is 2.22. The number of hydrogen-bond acceptors (Lipinski definition) is 5. The van der Waals surface area contributed by atoms with Gasteiger partial charge >= 0.3 is 0 Å². The summed E-state index contributed by atoms with van der Waals surface area (Å²) in [4.78, 5) is 27.9. The van der Waals surface area contributed by atoms with E-state index >= 15 is 0 Å². The van der Waals surface area contributed by atoms with Gasteiger partial charge in [0.05, 0.1) is 10.7 Å². The van der Waals surface area contributed by atoms with Crippen molar-refractivity contribution in [1.82, 2.24) is 4.90 Å². The largest absolute Gasteiger partial charge is 0.368 e. The van der Waals surface area contributed by atoms with Gasteiger partial charge in [-0.2, -0.15) is 0 Å². The molecule has 0 aromatic heterocycles. The van der Waals surface area contributed by atoms with E-state index in [-0.39, 0.29) is 11.6 Å². The van der Waals surface area contributed by atoms with Crippen LogP contribution in [-0.4, -0.2) is 47.7 Å². The fourth-order valence-electron chi connectivity index (χ4n) is 3.18. The summed E-state index contributed by atoms with van der Waals surface area (Å²) in [6, 6.07) is 12.7. The van der Waals surface area contributed by atoms with Crippen LogP contribution in [0.3, 0.4) is 0 Å². The minimum atomic E-state index is -0.422. The van der Waals surface area contributed by atoms with E-state index in [2.05, 4.69) is 36.9 Å². The molecule has 1 aliphatic rings. The van der Waals surface area contributed by atoms with Crippen molar-refractivity contribution in [2.24, 2.45) is 0 Å². The van der Waals surface area contributed by atoms with E-state index in [1.54, 1.807) is 12.1 Å². The van der Waals surface area contributed by atoms with Crippen LogP contribution in [0, 0.1) is 24.0 Å². The predicted molar refractivity (Wildman–Crippen MR) is 109 cm³/mol. The topological polar surface area (TPSA) is 66.7 Å². The van der Waals surface area contributed by atoms with Crippen LogP contribution in [0.4, 0.5) is 11.4 Å². The van der Waals surface area contributed by atoms with Crippen LogP contribution in [-0.2, 0) is 4.79 Å². The van der Waals surface area contributed by atoms with Crippen LogP contribution >= 0.6 is 11.8 Å². The third-order valence-corrected chi connectivity index (χ3v) is 5.96. The fourth-order valence-corrected chi connectivity index (χ4v) is 3.98. The van der Waals surface area contributed by atoms with Gasteiger partial charge in [0, 0.05) is 48.9 Å². The van der Waals surface area contributed by atoms with Gasteiger partial charge in [0.15, 0.2) is 0 Å². The molecule has 6 nitrogen and oxygen atoms in total. The number of nitro groups is 1. The van der Waals surface area contributed by atoms with Crippen molar-refractivity contribution in [2.75, 3.05) is 36.8 Å². The molecular weight excluding hydrogens is 362 g/mol. The van der Waals surface area contributed by atoms with E-state index in [1.807, 2.05) is 4.90 Å². The van der Waals surface area contributed by atoms with Gasteiger partial charge in [0.25, 0.3) is 5.69 Å². The van der Waals surface area contributed by atoms with E-state index in [9.17, 15) is 14.9 Å². The molecule has 7 heteroatoms. The Bertz CT molecular complexity index is 831. The lowest BCUT2D eigenvalue weighted by Gasteiger charge is -2.37. The third-order valence-electron chi connectivity index (χ3n) is 4.96. The van der Waals surface area contributed by atoms with Crippen molar-refractivity contribution < 1.29 is 9.72 Å². The summed E-state index contributed by atoms with van der Waals surface area (Å²) < 4.78 is 0. The number of aryl methyl sites for hydroxylation is 1. The molecule has 3 rings (SSSR count). The number of rotatable bonds is 5. The standard InChI is InChI=1S/C20H23N3O3S/c1-15-4-3-5-19(16(15)2)21-10-12-22(13-11-21)20(24)14-27-18-8-6-17(7-9-18)23(25)26/h3-9H,10-14H2,1-2H3. The highest BCUT2D eigenvalue weighted by molar-refractivity contribution is 8.00. The van der Waals surface area contributed by atoms with E-state index < -0.39 is 4.92 Å². The molecule has 27 heavy (non-hydrogen) atoms. The normalized spacial score (nSPS) is 14.3. The van der Waals surface area contributed by atoms with E-state index in [4.69, 9.17) is 0 Å². The summed E-state index contributed by atoms with van der Waals surface area (Å²) in [5.41, 5.74) is 3.90. The first kappa shape index (κ1) is 19.2. The van der Waals surface area contributed by atoms with Gasteiger partial charge in [-0.15, -0.1) is 11.8 Å². The molecule has 2 aromatic carbocycles. The highest BCUT2D eigenvalue weighted by Crippen LogP contribution is 2.25. The Morgan fingerprint density at radius 3 is 2.37 bits per heavy atom. The van der Waals surface area contributed by atoms with Crippen molar-refractivity contribution in [1.29, 1.82) is 0 Å². The van der Waals surface area contributed by atoms with Crippen molar-refractivity contribution in [2.45, 2.75) is 18.7 Å². The van der Waals surface area contributed by atoms with Crippen molar-refractivity contribution in [3.05, 3.63) is 63.7 Å². The molecule has 142 valence electrons. The molecule has 1 heterocycles. The van der Waals surface area contributed by atoms with Gasteiger partial charge in [-0.3, -0.25) is 14.9 Å². The molecule has 1 saturated heterocycles. The maximum Gasteiger partial charge on any atom is 0.269 e. The summed E-state index contributed by atoms with van der Waals surface area (Å²) >= 11 is 1.42. The Morgan fingerprint density at radius 1 is 1.07 bits per heavy atom. The molecule has 1 aliphatic heterocycles. The number of carbonyl (C=O) groups is 1. The van der Waals surface area contributed by atoms with Crippen molar-refractivity contribution >= 4 is 29.0 Å². The van der Waals surface area contributed by atoms with Gasteiger partial charge in [-0.1, -0.05) is 12.1 Å². The number of non-ortho nitro benzene ring substituents is 1. The number of nitro benzene ring substituents is 1. The van der Waals surface area contributed by atoms with Crippen molar-refractivity contribution in [3.8, 4) is 0 Å². The lowest BCUT2D eigenvalue weighted by Crippen LogP contribution is -2.49. The van der Waals surface area contributed by atoms with Crippen LogP contribution in [0.1, 0.15) is 11.1 Å². The Balaban J connectivity index is 1.51. The molecule has 0 saturated carbocycles. The first-order valence-corrected chi connectivity index (χ1v) is 9.90. The van der Waals surface area contributed by atoms with Crippen LogP contribution in [0.25, 0.3) is 0 Å². The van der Waals surface area contributed by atoms with Crippen LogP contribution < -0.4 is 4.90 Å². The van der Waals surface area contributed by atoms with E-state index in [0.717, 1.165) is 18.0 Å². The highest BCUT2D eigenvalue weighted by atomic mass is 32.2. The number of anilines is 1. The number of carbonyl (C=O) groups excluding carboxylic acids is 1. The Morgan fingerprint density at radius 2 is 1.74 bits per heavy atom. The molecule has 0 unspecified atom stereocenters. The number of thioether (sulfide) groups is 1. The van der Waals surface area contributed by atoms with Gasteiger partial charge in [-0.05, 0) is 43.2 Å². The summed E-state index contributed by atoms with van der Waals surface area (Å²) in [7, 11) is 0. The second kappa shape index (κ2) is 8.43. The van der Waals surface area contributed by atoms with Gasteiger partial charge in [-0.25, -0.2) is 0 Å². The summed E-state index contributed by atoms with van der Waals surface area (Å²) in [5, 5.41) is 10.7. The minimum Gasteiger partial charge on any atom is -0.368 e. The molecule has 0 aliphatic carbocycles. The zero-order valence-corrected chi connectivity index (χ0v) is 16.4. The lowest BCUT2D eigenvalue weighted by molar-refractivity contribution is -0.384. The van der Waals surface area contributed by atoms with Crippen molar-refractivity contribution in [3.63, 3.8) is 0 Å². The third kappa shape index (κ3) is 4.60. The maximum atomic E-state index is 12.5. The Kier molecular flexibility index (Phi) is 6.01. The zero-order chi connectivity index (χ0) is 19.4. The van der Waals surface area contributed by atoms with Crippen LogP contribution in [0.2, 0.25) is 0 Å². The Labute approximate surface area is 163 Å². The maximum absolute atomic E-state index is 12.5. The minimum absolute atomic E-state index is 0.0632. The molecule has 0 N–H and O–H groups in total. The van der Waals surface area contributed by atoms with Gasteiger partial charge in [0.1, 0.15) is 0 Å².